The van der Waals surface area contributed by atoms with E-state index >= 15 is 0 Å². The highest BCUT2D eigenvalue weighted by molar-refractivity contribution is 6.08. The number of hydrogen-bond donors (Lipinski definition) is 0. The number of unbranched alkanes of at least 4 members (excludes halogenated alkanes) is 2. The number of aliphatic imine (C=N–C) groups is 1. The lowest BCUT2D eigenvalue weighted by Gasteiger charge is -2.20. The van der Waals surface area contributed by atoms with Crippen LogP contribution in [0.5, 0.6) is 0 Å². The zero-order valence-electron chi connectivity index (χ0n) is 22.9. The van der Waals surface area contributed by atoms with E-state index in [1.165, 1.54) is 77.7 Å². The molecule has 0 aliphatic carbocycles. The molecule has 1 rings (SSSR count). The number of hydrogen-bond acceptors (Lipinski definition) is 4. The van der Waals surface area contributed by atoms with E-state index in [9.17, 15) is 4.39 Å². The number of aldehydes is 2. The van der Waals surface area contributed by atoms with Gasteiger partial charge in [0.25, 0.3) is 0 Å². The normalized spacial score (nSPS) is 9.85. The fraction of sp³-hybridized carbons (Fsp3) is 0.607. The summed E-state index contributed by atoms with van der Waals surface area (Å²) in [7, 11) is 1.69. The summed E-state index contributed by atoms with van der Waals surface area (Å²) in [6.45, 7) is 19.5. The SMILES string of the molecule is C/C=C/C(=NC)c1cccc(F)c1.CC.CC=O.CC=O.CCCCN(CCC)CCCC. The van der Waals surface area contributed by atoms with Crippen molar-refractivity contribution in [2.24, 2.45) is 4.99 Å². The Morgan fingerprint density at radius 2 is 1.39 bits per heavy atom. The van der Waals surface area contributed by atoms with Gasteiger partial charge in [-0.15, -0.1) is 0 Å². The highest BCUT2D eigenvalue weighted by Gasteiger charge is 2.01. The Morgan fingerprint density at radius 3 is 1.73 bits per heavy atom. The fourth-order valence-electron chi connectivity index (χ4n) is 2.52. The average Bonchev–Trinajstić information content (AvgIpc) is 2.82. The highest BCUT2D eigenvalue weighted by atomic mass is 19.1. The number of carbonyl (C=O) groups is 2. The summed E-state index contributed by atoms with van der Waals surface area (Å²) in [6.07, 6.45) is 11.9. The molecule has 0 aromatic heterocycles. The third-order valence-corrected chi connectivity index (χ3v) is 3.88. The van der Waals surface area contributed by atoms with Crippen molar-refractivity contribution in [2.45, 2.75) is 87.5 Å². The molecule has 1 aromatic carbocycles. The molecule has 0 saturated heterocycles. The molecule has 192 valence electrons. The second-order valence-corrected chi connectivity index (χ2v) is 6.64. The first-order valence-corrected chi connectivity index (χ1v) is 12.3. The molecule has 0 bridgehead atoms. The Kier molecular flexibility index (Phi) is 39.8. The Bertz CT molecular complexity index is 573. The van der Waals surface area contributed by atoms with Gasteiger partial charge in [-0.05, 0) is 77.9 Å². The van der Waals surface area contributed by atoms with Gasteiger partial charge in [0.15, 0.2) is 0 Å². The van der Waals surface area contributed by atoms with E-state index in [1.807, 2.05) is 39.0 Å². The molecule has 1 aromatic rings. The quantitative estimate of drug-likeness (QED) is 0.264. The van der Waals surface area contributed by atoms with Gasteiger partial charge in [-0.1, -0.05) is 65.7 Å². The minimum absolute atomic E-state index is 0.233. The molecule has 0 fully saturated rings. The van der Waals surface area contributed by atoms with E-state index in [1.54, 1.807) is 13.1 Å². The molecular formula is C28H51FN2O2. The summed E-state index contributed by atoms with van der Waals surface area (Å²) in [5, 5.41) is 0. The van der Waals surface area contributed by atoms with Crippen LogP contribution in [0.1, 0.15) is 93.1 Å². The van der Waals surface area contributed by atoms with E-state index in [-0.39, 0.29) is 5.82 Å². The molecule has 0 saturated carbocycles. The van der Waals surface area contributed by atoms with E-state index in [0.29, 0.717) is 0 Å². The van der Waals surface area contributed by atoms with Crippen LogP contribution in [-0.2, 0) is 9.59 Å². The number of benzene rings is 1. The maximum Gasteiger partial charge on any atom is 0.123 e. The Balaban J connectivity index is -0.000000194. The van der Waals surface area contributed by atoms with Crippen LogP contribution in [-0.4, -0.2) is 49.9 Å². The van der Waals surface area contributed by atoms with Gasteiger partial charge in [-0.3, -0.25) is 4.99 Å². The van der Waals surface area contributed by atoms with E-state index in [0.717, 1.165) is 23.8 Å². The van der Waals surface area contributed by atoms with E-state index < -0.39 is 0 Å². The number of allylic oxidation sites excluding steroid dienone is 2. The maximum absolute atomic E-state index is 12.8. The molecule has 0 heterocycles. The van der Waals surface area contributed by atoms with Gasteiger partial charge in [0.2, 0.25) is 0 Å². The molecule has 0 aliphatic rings. The first-order chi connectivity index (χ1) is 15.9. The van der Waals surface area contributed by atoms with Crippen molar-refractivity contribution >= 4 is 18.3 Å². The van der Waals surface area contributed by atoms with Crippen LogP contribution in [0, 0.1) is 5.82 Å². The predicted molar refractivity (Wildman–Crippen MR) is 145 cm³/mol. The molecule has 0 spiro atoms. The summed E-state index contributed by atoms with van der Waals surface area (Å²) >= 11 is 0. The van der Waals surface area contributed by atoms with Crippen LogP contribution in [0.25, 0.3) is 0 Å². The zero-order valence-corrected chi connectivity index (χ0v) is 22.9. The Labute approximate surface area is 204 Å². The van der Waals surface area contributed by atoms with Crippen molar-refractivity contribution < 1.29 is 14.0 Å². The van der Waals surface area contributed by atoms with Crippen LogP contribution in [0.2, 0.25) is 0 Å². The first kappa shape index (κ1) is 38.1. The van der Waals surface area contributed by atoms with Crippen LogP contribution in [0.3, 0.4) is 0 Å². The average molecular weight is 467 g/mol. The number of carbonyl (C=O) groups excluding carboxylic acids is 2. The third kappa shape index (κ3) is 29.9. The lowest BCUT2D eigenvalue weighted by Crippen LogP contribution is -2.26. The van der Waals surface area contributed by atoms with Crippen LogP contribution in [0.4, 0.5) is 4.39 Å². The molecule has 5 heteroatoms. The van der Waals surface area contributed by atoms with Gasteiger partial charge in [0.1, 0.15) is 18.4 Å². The Morgan fingerprint density at radius 1 is 0.909 bits per heavy atom. The van der Waals surface area contributed by atoms with Crippen LogP contribution < -0.4 is 0 Å². The van der Waals surface area contributed by atoms with Gasteiger partial charge in [-0.2, -0.15) is 0 Å². The van der Waals surface area contributed by atoms with Gasteiger partial charge < -0.3 is 14.5 Å². The molecule has 0 atom stereocenters. The zero-order chi connectivity index (χ0) is 26.3. The van der Waals surface area contributed by atoms with E-state index in [4.69, 9.17) is 9.59 Å². The number of rotatable bonds is 10. The molecular weight excluding hydrogens is 415 g/mol. The Hall–Kier alpha value is -2.14. The summed E-state index contributed by atoms with van der Waals surface area (Å²) in [4.78, 5) is 24.3. The summed E-state index contributed by atoms with van der Waals surface area (Å²) in [5.74, 6) is -0.233. The molecule has 0 amide bonds. The highest BCUT2D eigenvalue weighted by Crippen LogP contribution is 2.06. The van der Waals surface area contributed by atoms with Gasteiger partial charge in [0, 0.05) is 12.6 Å². The van der Waals surface area contributed by atoms with Crippen molar-refractivity contribution in [3.8, 4) is 0 Å². The predicted octanol–water partition coefficient (Wildman–Crippen LogP) is 7.56. The number of nitrogens with zero attached hydrogens (tertiary/aromatic N) is 2. The molecule has 0 radical (unpaired) electrons. The molecule has 4 nitrogen and oxygen atoms in total. The topological polar surface area (TPSA) is 49.7 Å². The molecule has 0 N–H and O–H groups in total. The monoisotopic (exact) mass is 466 g/mol. The summed E-state index contributed by atoms with van der Waals surface area (Å²) < 4.78 is 12.8. The third-order valence-electron chi connectivity index (χ3n) is 3.88. The molecule has 0 unspecified atom stereocenters. The van der Waals surface area contributed by atoms with E-state index in [2.05, 4.69) is 30.7 Å². The molecule has 0 aliphatic heterocycles. The largest absolute Gasteiger partial charge is 0.304 e. The van der Waals surface area contributed by atoms with Crippen molar-refractivity contribution in [3.05, 3.63) is 47.8 Å². The molecule has 33 heavy (non-hydrogen) atoms. The minimum Gasteiger partial charge on any atom is -0.304 e. The number of halogens is 1. The van der Waals surface area contributed by atoms with Crippen molar-refractivity contribution in [1.29, 1.82) is 0 Å². The lowest BCUT2D eigenvalue weighted by molar-refractivity contribution is -0.106. The minimum atomic E-state index is -0.233. The van der Waals surface area contributed by atoms with Gasteiger partial charge in [-0.25, -0.2) is 4.39 Å². The van der Waals surface area contributed by atoms with Crippen LogP contribution >= 0.6 is 0 Å². The van der Waals surface area contributed by atoms with Gasteiger partial charge in [0.05, 0.1) is 5.71 Å². The van der Waals surface area contributed by atoms with Crippen LogP contribution in [0.15, 0.2) is 41.4 Å². The smallest absolute Gasteiger partial charge is 0.123 e. The first-order valence-electron chi connectivity index (χ1n) is 12.3. The standard InChI is InChI=1S/C11H12FN.C11H25N.2C2H4O.C2H6/c1-3-5-11(13-2)9-6-4-7-10(12)8-9;1-4-7-10-12(9-6-3)11-8-5-2;2*1-2-3;1-2/h3-8H,1-2H3;4-11H2,1-3H3;2*2H,1H3;1-2H3/b5-3+,13-11?;;;;. The second kappa shape index (κ2) is 34.5. The van der Waals surface area contributed by atoms with Crippen molar-refractivity contribution in [3.63, 3.8) is 0 Å². The van der Waals surface area contributed by atoms with Gasteiger partial charge >= 0.3 is 0 Å². The summed E-state index contributed by atoms with van der Waals surface area (Å²) in [5.41, 5.74) is 1.60. The fourth-order valence-corrected chi connectivity index (χ4v) is 2.52. The maximum atomic E-state index is 12.8. The van der Waals surface area contributed by atoms with Crippen molar-refractivity contribution in [2.75, 3.05) is 26.7 Å². The van der Waals surface area contributed by atoms with Crippen molar-refractivity contribution in [1.82, 2.24) is 4.90 Å². The lowest BCUT2D eigenvalue weighted by atomic mass is 10.1. The summed E-state index contributed by atoms with van der Waals surface area (Å²) in [6, 6.07) is 6.42. The second-order valence-electron chi connectivity index (χ2n) is 6.64.